The average Bonchev–Trinajstić information content (AvgIpc) is 2.41. The van der Waals surface area contributed by atoms with Gasteiger partial charge in [-0.15, -0.1) is 0 Å². The number of benzene rings is 1. The lowest BCUT2D eigenvalue weighted by Gasteiger charge is -2.19. The van der Waals surface area contributed by atoms with Gasteiger partial charge in [0.05, 0.1) is 0 Å². The first-order valence-corrected chi connectivity index (χ1v) is 7.53. The van der Waals surface area contributed by atoms with Crippen molar-refractivity contribution in [1.29, 1.82) is 0 Å². The number of nitrogens with one attached hydrogen (secondary N) is 1. The van der Waals surface area contributed by atoms with Gasteiger partial charge in [-0.05, 0) is 57.9 Å². The van der Waals surface area contributed by atoms with Gasteiger partial charge in [0.1, 0.15) is 11.4 Å². The molecule has 1 aromatic rings. The Morgan fingerprint density at radius 2 is 1.73 bits per heavy atom. The van der Waals surface area contributed by atoms with Crippen LogP contribution in [0.2, 0.25) is 0 Å². The van der Waals surface area contributed by atoms with Crippen LogP contribution in [0.3, 0.4) is 0 Å². The van der Waals surface area contributed by atoms with Crippen LogP contribution in [0.4, 0.5) is 9.18 Å². The summed E-state index contributed by atoms with van der Waals surface area (Å²) in [5.74, 6) is -0.329. The van der Waals surface area contributed by atoms with Gasteiger partial charge < -0.3 is 10.1 Å². The largest absolute Gasteiger partial charge is 0.444 e. The van der Waals surface area contributed by atoms with Crippen LogP contribution in [0.5, 0.6) is 0 Å². The molecule has 1 amide bonds. The Morgan fingerprint density at radius 1 is 1.09 bits per heavy atom. The summed E-state index contributed by atoms with van der Waals surface area (Å²) in [5.41, 5.74) is 0.0411. The zero-order chi connectivity index (χ0) is 16.6. The molecule has 1 rings (SSSR count). The summed E-state index contributed by atoms with van der Waals surface area (Å²) in [5, 5.41) is 2.68. The van der Waals surface area contributed by atoms with Crippen LogP contribution in [-0.4, -0.2) is 24.0 Å². The summed E-state index contributed by atoms with van der Waals surface area (Å²) in [7, 11) is 0. The fraction of sp³-hybridized carbons (Fsp3) is 0.529. The number of carbonyl (C=O) groups excluding carboxylic acids is 2. The van der Waals surface area contributed by atoms with Crippen LogP contribution in [-0.2, 0) is 4.74 Å². The molecule has 0 aromatic heterocycles. The molecule has 0 saturated carbocycles. The van der Waals surface area contributed by atoms with Crippen LogP contribution in [0, 0.1) is 5.82 Å². The number of Topliss-reactive ketones (excluding diaryl/α,β-unsaturated/α-hetero) is 1. The van der Waals surface area contributed by atoms with Crippen LogP contribution < -0.4 is 5.32 Å². The predicted molar refractivity (Wildman–Crippen MR) is 83.4 cm³/mol. The molecule has 0 bridgehead atoms. The number of hydrogen-bond donors (Lipinski definition) is 1. The van der Waals surface area contributed by atoms with E-state index in [-0.39, 0.29) is 11.6 Å². The van der Waals surface area contributed by atoms with E-state index >= 15 is 0 Å². The van der Waals surface area contributed by atoms with Gasteiger partial charge in [0, 0.05) is 18.5 Å². The number of alkyl carbamates (subject to hydrolysis) is 1. The number of rotatable bonds is 7. The number of ketones is 1. The van der Waals surface area contributed by atoms with Gasteiger partial charge in [0.15, 0.2) is 5.78 Å². The standard InChI is InChI=1S/C17H24FNO3/c1-17(2,3)22-16(21)19-12-6-4-5-7-15(20)13-8-10-14(18)11-9-13/h8-11H,4-7,12H2,1-3H3,(H,19,21). The van der Waals surface area contributed by atoms with Gasteiger partial charge in [-0.3, -0.25) is 4.79 Å². The zero-order valence-corrected chi connectivity index (χ0v) is 13.4. The van der Waals surface area contributed by atoms with Crippen molar-refractivity contribution in [3.8, 4) is 0 Å². The molecule has 0 radical (unpaired) electrons. The molecule has 1 aromatic carbocycles. The Morgan fingerprint density at radius 3 is 2.32 bits per heavy atom. The predicted octanol–water partition coefficient (Wildman–Crippen LogP) is 4.09. The molecular weight excluding hydrogens is 285 g/mol. The van der Waals surface area contributed by atoms with E-state index < -0.39 is 11.7 Å². The number of carbonyl (C=O) groups is 2. The van der Waals surface area contributed by atoms with Gasteiger partial charge >= 0.3 is 6.09 Å². The number of amides is 1. The average molecular weight is 309 g/mol. The number of hydrogen-bond acceptors (Lipinski definition) is 3. The maximum absolute atomic E-state index is 12.8. The van der Waals surface area contributed by atoms with Gasteiger partial charge in [-0.25, -0.2) is 9.18 Å². The highest BCUT2D eigenvalue weighted by molar-refractivity contribution is 5.95. The second kappa shape index (κ2) is 8.51. The molecular formula is C17H24FNO3. The van der Waals surface area contributed by atoms with E-state index in [1.807, 2.05) is 20.8 Å². The van der Waals surface area contributed by atoms with E-state index in [0.717, 1.165) is 19.3 Å². The second-order valence-electron chi connectivity index (χ2n) is 6.17. The van der Waals surface area contributed by atoms with Crippen molar-refractivity contribution < 1.29 is 18.7 Å². The third kappa shape index (κ3) is 7.76. The summed E-state index contributed by atoms with van der Waals surface area (Å²) < 4.78 is 17.9. The minimum absolute atomic E-state index is 0.0140. The van der Waals surface area contributed by atoms with Crippen LogP contribution >= 0.6 is 0 Å². The molecule has 5 heteroatoms. The monoisotopic (exact) mass is 309 g/mol. The Hall–Kier alpha value is -1.91. The lowest BCUT2D eigenvalue weighted by Crippen LogP contribution is -2.32. The van der Waals surface area contributed by atoms with E-state index in [4.69, 9.17) is 4.74 Å². The van der Waals surface area contributed by atoms with E-state index in [1.165, 1.54) is 24.3 Å². The molecule has 0 aliphatic rings. The summed E-state index contributed by atoms with van der Waals surface area (Å²) in [6.45, 7) is 5.97. The molecule has 22 heavy (non-hydrogen) atoms. The topological polar surface area (TPSA) is 55.4 Å². The molecule has 0 saturated heterocycles. The Kier molecular flexibility index (Phi) is 7.02. The molecule has 0 spiro atoms. The molecule has 0 aliphatic heterocycles. The highest BCUT2D eigenvalue weighted by Gasteiger charge is 2.15. The fourth-order valence-electron chi connectivity index (χ4n) is 1.87. The summed E-state index contributed by atoms with van der Waals surface area (Å²) in [6.07, 6.45) is 2.37. The molecule has 0 heterocycles. The first kappa shape index (κ1) is 18.1. The van der Waals surface area contributed by atoms with E-state index in [2.05, 4.69) is 5.32 Å². The van der Waals surface area contributed by atoms with E-state index in [1.54, 1.807) is 0 Å². The molecule has 0 atom stereocenters. The lowest BCUT2D eigenvalue weighted by atomic mass is 10.0. The SMILES string of the molecule is CC(C)(C)OC(=O)NCCCCCC(=O)c1ccc(F)cc1. The van der Waals surface area contributed by atoms with Crippen LogP contribution in [0.1, 0.15) is 56.8 Å². The van der Waals surface area contributed by atoms with Crippen molar-refractivity contribution in [2.75, 3.05) is 6.54 Å². The fourth-order valence-corrected chi connectivity index (χ4v) is 1.87. The Labute approximate surface area is 131 Å². The number of ether oxygens (including phenoxy) is 1. The van der Waals surface area contributed by atoms with Crippen LogP contribution in [0.15, 0.2) is 24.3 Å². The van der Waals surface area contributed by atoms with Gasteiger partial charge in [-0.1, -0.05) is 6.42 Å². The molecule has 0 aliphatic carbocycles. The minimum atomic E-state index is -0.494. The summed E-state index contributed by atoms with van der Waals surface area (Å²) in [4.78, 5) is 23.2. The molecule has 122 valence electrons. The minimum Gasteiger partial charge on any atom is -0.444 e. The van der Waals surface area contributed by atoms with Crippen molar-refractivity contribution >= 4 is 11.9 Å². The quantitative estimate of drug-likeness (QED) is 0.609. The van der Waals surface area contributed by atoms with Crippen LogP contribution in [0.25, 0.3) is 0 Å². The third-order valence-corrected chi connectivity index (χ3v) is 2.92. The van der Waals surface area contributed by atoms with Crippen molar-refractivity contribution in [2.24, 2.45) is 0 Å². The smallest absolute Gasteiger partial charge is 0.407 e. The molecule has 0 fully saturated rings. The normalized spacial score (nSPS) is 11.1. The summed E-state index contributed by atoms with van der Waals surface area (Å²) >= 11 is 0. The zero-order valence-electron chi connectivity index (χ0n) is 13.4. The molecule has 0 unspecified atom stereocenters. The van der Waals surface area contributed by atoms with E-state index in [9.17, 15) is 14.0 Å². The molecule has 1 N–H and O–H groups in total. The second-order valence-corrected chi connectivity index (χ2v) is 6.17. The summed E-state index contributed by atoms with van der Waals surface area (Å²) in [6, 6.07) is 5.58. The number of halogens is 1. The third-order valence-electron chi connectivity index (χ3n) is 2.92. The molecule has 4 nitrogen and oxygen atoms in total. The Balaban J connectivity index is 2.12. The highest BCUT2D eigenvalue weighted by Crippen LogP contribution is 2.10. The number of unbranched alkanes of at least 4 members (excludes halogenated alkanes) is 2. The Bertz CT molecular complexity index is 492. The maximum atomic E-state index is 12.8. The lowest BCUT2D eigenvalue weighted by molar-refractivity contribution is 0.0526. The first-order chi connectivity index (χ1) is 10.3. The van der Waals surface area contributed by atoms with E-state index in [0.29, 0.717) is 18.5 Å². The maximum Gasteiger partial charge on any atom is 0.407 e. The van der Waals surface area contributed by atoms with Gasteiger partial charge in [0.25, 0.3) is 0 Å². The van der Waals surface area contributed by atoms with Crippen molar-refractivity contribution in [2.45, 2.75) is 52.1 Å². The van der Waals surface area contributed by atoms with Crippen molar-refractivity contribution in [3.63, 3.8) is 0 Å². The first-order valence-electron chi connectivity index (χ1n) is 7.53. The van der Waals surface area contributed by atoms with Crippen molar-refractivity contribution in [1.82, 2.24) is 5.32 Å². The highest BCUT2D eigenvalue weighted by atomic mass is 19.1. The van der Waals surface area contributed by atoms with Crippen molar-refractivity contribution in [3.05, 3.63) is 35.6 Å². The van der Waals surface area contributed by atoms with Gasteiger partial charge in [0.2, 0.25) is 0 Å². The van der Waals surface area contributed by atoms with Gasteiger partial charge in [-0.2, -0.15) is 0 Å².